The summed E-state index contributed by atoms with van der Waals surface area (Å²) in [6.07, 6.45) is 2.05. The number of methoxy groups -OCH3 is 1. The molecule has 0 saturated heterocycles. The Morgan fingerprint density at radius 1 is 1.19 bits per heavy atom. The maximum absolute atomic E-state index is 5.17. The van der Waals surface area contributed by atoms with E-state index in [9.17, 15) is 0 Å². The summed E-state index contributed by atoms with van der Waals surface area (Å²) in [5.41, 5.74) is 5.48. The fraction of sp³-hybridized carbons (Fsp3) is 0.235. The van der Waals surface area contributed by atoms with Crippen LogP contribution in [0.1, 0.15) is 17.0 Å². The monoisotopic (exact) mass is 281 g/mol. The molecule has 0 bridgehead atoms. The van der Waals surface area contributed by atoms with Crippen molar-refractivity contribution in [3.05, 3.63) is 65.6 Å². The maximum atomic E-state index is 5.17. The van der Waals surface area contributed by atoms with E-state index in [-0.39, 0.29) is 0 Å². The van der Waals surface area contributed by atoms with Crippen LogP contribution in [0.4, 0.5) is 5.69 Å². The molecular formula is C17H19N3O. The predicted molar refractivity (Wildman–Crippen MR) is 84.4 cm³/mol. The Bertz CT molecular complexity index is 749. The van der Waals surface area contributed by atoms with Gasteiger partial charge in [-0.2, -0.15) is 0 Å². The van der Waals surface area contributed by atoms with Gasteiger partial charge in [0.25, 0.3) is 0 Å². The number of imidazole rings is 1. The second kappa shape index (κ2) is 5.97. The van der Waals surface area contributed by atoms with E-state index >= 15 is 0 Å². The largest absolute Gasteiger partial charge is 0.380 e. The van der Waals surface area contributed by atoms with Gasteiger partial charge in [0.1, 0.15) is 5.65 Å². The van der Waals surface area contributed by atoms with Gasteiger partial charge in [-0.15, -0.1) is 0 Å². The molecule has 0 unspecified atom stereocenters. The number of aromatic nitrogens is 2. The van der Waals surface area contributed by atoms with Gasteiger partial charge in [-0.05, 0) is 36.8 Å². The number of nitrogens with zero attached hydrogens (tertiary/aromatic N) is 2. The number of benzene rings is 1. The van der Waals surface area contributed by atoms with E-state index in [4.69, 9.17) is 4.74 Å². The van der Waals surface area contributed by atoms with Gasteiger partial charge < -0.3 is 14.5 Å². The highest BCUT2D eigenvalue weighted by molar-refractivity contribution is 5.48. The van der Waals surface area contributed by atoms with E-state index in [1.807, 2.05) is 37.4 Å². The highest BCUT2D eigenvalue weighted by atomic mass is 16.5. The highest BCUT2D eigenvalue weighted by Crippen LogP contribution is 2.16. The molecule has 2 heterocycles. The molecule has 2 aromatic heterocycles. The molecule has 108 valence electrons. The molecule has 0 aliphatic heterocycles. The van der Waals surface area contributed by atoms with Crippen molar-refractivity contribution in [1.82, 2.24) is 9.38 Å². The predicted octanol–water partition coefficient (Wildman–Crippen LogP) is 3.40. The molecule has 4 nitrogen and oxygen atoms in total. The lowest BCUT2D eigenvalue weighted by molar-refractivity contribution is 0.185. The van der Waals surface area contributed by atoms with Crippen LogP contribution < -0.4 is 5.32 Å². The summed E-state index contributed by atoms with van der Waals surface area (Å²) in [5, 5.41) is 3.46. The number of nitrogens with one attached hydrogen (secondary N) is 1. The van der Waals surface area contributed by atoms with Crippen molar-refractivity contribution in [3.8, 4) is 0 Å². The summed E-state index contributed by atoms with van der Waals surface area (Å²) >= 11 is 0. The molecular weight excluding hydrogens is 262 g/mol. The Balaban J connectivity index is 1.80. The topological polar surface area (TPSA) is 38.6 Å². The van der Waals surface area contributed by atoms with Crippen LogP contribution >= 0.6 is 0 Å². The van der Waals surface area contributed by atoms with Crippen LogP contribution in [0.3, 0.4) is 0 Å². The van der Waals surface area contributed by atoms with E-state index in [1.54, 1.807) is 7.11 Å². The zero-order chi connectivity index (χ0) is 14.7. The summed E-state index contributed by atoms with van der Waals surface area (Å²) in [6.45, 7) is 3.42. The molecule has 3 aromatic rings. The fourth-order valence-corrected chi connectivity index (χ4v) is 2.50. The van der Waals surface area contributed by atoms with Gasteiger partial charge in [0.2, 0.25) is 0 Å². The van der Waals surface area contributed by atoms with Crippen LogP contribution in [0.15, 0.2) is 48.7 Å². The van der Waals surface area contributed by atoms with Crippen LogP contribution in [-0.2, 0) is 17.9 Å². The minimum atomic E-state index is 0.629. The SMILES string of the molecule is COCc1cccc(NCc2c(C)nc3ccccn23)c1. The standard InChI is InChI=1S/C17H19N3O/c1-13-16(20-9-4-3-8-17(20)19-13)11-18-15-7-5-6-14(10-15)12-21-2/h3-10,18H,11-12H2,1-2H3. The lowest BCUT2D eigenvalue weighted by atomic mass is 10.2. The van der Waals surface area contributed by atoms with Gasteiger partial charge in [0.15, 0.2) is 0 Å². The summed E-state index contributed by atoms with van der Waals surface area (Å²) in [7, 11) is 1.71. The Kier molecular flexibility index (Phi) is 3.88. The maximum Gasteiger partial charge on any atom is 0.137 e. The Hall–Kier alpha value is -2.33. The van der Waals surface area contributed by atoms with Gasteiger partial charge >= 0.3 is 0 Å². The molecule has 1 N–H and O–H groups in total. The molecule has 1 aromatic carbocycles. The number of aryl methyl sites for hydroxylation is 1. The summed E-state index contributed by atoms with van der Waals surface area (Å²) in [6, 6.07) is 14.3. The fourth-order valence-electron chi connectivity index (χ4n) is 2.50. The van der Waals surface area contributed by atoms with Gasteiger partial charge in [-0.25, -0.2) is 4.98 Å². The molecule has 0 radical (unpaired) electrons. The summed E-state index contributed by atoms with van der Waals surface area (Å²) in [5.74, 6) is 0. The van der Waals surface area contributed by atoms with Gasteiger partial charge in [0.05, 0.1) is 24.5 Å². The first-order chi connectivity index (χ1) is 10.3. The van der Waals surface area contributed by atoms with Crippen molar-refractivity contribution in [3.63, 3.8) is 0 Å². The molecule has 0 saturated carbocycles. The number of rotatable bonds is 5. The Labute approximate surface area is 124 Å². The van der Waals surface area contributed by atoms with Crippen molar-refractivity contribution in [2.24, 2.45) is 0 Å². The normalized spacial score (nSPS) is 11.0. The first-order valence-corrected chi connectivity index (χ1v) is 7.02. The number of anilines is 1. The lowest BCUT2D eigenvalue weighted by Crippen LogP contribution is -2.04. The second-order valence-corrected chi connectivity index (χ2v) is 5.06. The molecule has 0 amide bonds. The minimum Gasteiger partial charge on any atom is -0.380 e. The van der Waals surface area contributed by atoms with Gasteiger partial charge in [-0.1, -0.05) is 18.2 Å². The highest BCUT2D eigenvalue weighted by Gasteiger charge is 2.07. The average Bonchev–Trinajstić information content (AvgIpc) is 2.81. The van der Waals surface area contributed by atoms with Crippen LogP contribution in [0.25, 0.3) is 5.65 Å². The number of pyridine rings is 1. The van der Waals surface area contributed by atoms with E-state index in [0.29, 0.717) is 6.61 Å². The molecule has 0 aliphatic carbocycles. The van der Waals surface area contributed by atoms with Gasteiger partial charge in [0, 0.05) is 19.0 Å². The molecule has 0 spiro atoms. The first kappa shape index (κ1) is 13.6. The quantitative estimate of drug-likeness (QED) is 0.779. The van der Waals surface area contributed by atoms with Gasteiger partial charge in [-0.3, -0.25) is 0 Å². The summed E-state index contributed by atoms with van der Waals surface area (Å²) in [4.78, 5) is 4.58. The van der Waals surface area contributed by atoms with Crippen molar-refractivity contribution in [2.75, 3.05) is 12.4 Å². The Morgan fingerprint density at radius 3 is 2.95 bits per heavy atom. The summed E-state index contributed by atoms with van der Waals surface area (Å²) < 4.78 is 7.29. The van der Waals surface area contributed by atoms with Crippen molar-refractivity contribution < 1.29 is 4.74 Å². The molecule has 0 atom stereocenters. The third-order valence-electron chi connectivity index (χ3n) is 3.53. The Morgan fingerprint density at radius 2 is 2.10 bits per heavy atom. The third kappa shape index (κ3) is 2.90. The smallest absolute Gasteiger partial charge is 0.137 e. The van der Waals surface area contributed by atoms with Crippen LogP contribution in [0.5, 0.6) is 0 Å². The van der Waals surface area contributed by atoms with Crippen molar-refractivity contribution in [1.29, 1.82) is 0 Å². The number of fused-ring (bicyclic) bond motifs is 1. The third-order valence-corrected chi connectivity index (χ3v) is 3.53. The van der Waals surface area contributed by atoms with Crippen LogP contribution in [-0.4, -0.2) is 16.5 Å². The molecule has 4 heteroatoms. The molecule has 0 aliphatic rings. The van der Waals surface area contributed by atoms with Crippen LogP contribution in [0, 0.1) is 6.92 Å². The second-order valence-electron chi connectivity index (χ2n) is 5.06. The average molecular weight is 281 g/mol. The molecule has 21 heavy (non-hydrogen) atoms. The minimum absolute atomic E-state index is 0.629. The van der Waals surface area contributed by atoms with E-state index in [0.717, 1.165) is 29.1 Å². The van der Waals surface area contributed by atoms with Crippen molar-refractivity contribution in [2.45, 2.75) is 20.1 Å². The first-order valence-electron chi connectivity index (χ1n) is 7.02. The number of ether oxygens (including phenoxy) is 1. The van der Waals surface area contributed by atoms with E-state index in [2.05, 4.69) is 32.9 Å². The van der Waals surface area contributed by atoms with Crippen LogP contribution in [0.2, 0.25) is 0 Å². The zero-order valence-electron chi connectivity index (χ0n) is 12.3. The molecule has 3 rings (SSSR count). The number of hydrogen-bond acceptors (Lipinski definition) is 3. The zero-order valence-corrected chi connectivity index (χ0v) is 12.3. The molecule has 0 fully saturated rings. The van der Waals surface area contributed by atoms with E-state index in [1.165, 1.54) is 5.69 Å². The van der Waals surface area contributed by atoms with Crippen molar-refractivity contribution >= 4 is 11.3 Å². The lowest BCUT2D eigenvalue weighted by Gasteiger charge is -2.09. The number of hydrogen-bond donors (Lipinski definition) is 1. The van der Waals surface area contributed by atoms with E-state index < -0.39 is 0 Å².